The summed E-state index contributed by atoms with van der Waals surface area (Å²) in [5.41, 5.74) is 13.6. The Labute approximate surface area is 194 Å². The Balaban J connectivity index is 1.49. The second kappa shape index (κ2) is 8.46. The summed E-state index contributed by atoms with van der Waals surface area (Å²) in [6.45, 7) is 5.88. The van der Waals surface area contributed by atoms with E-state index in [1.165, 1.54) is 11.1 Å². The smallest absolute Gasteiger partial charge is 0.227 e. The summed E-state index contributed by atoms with van der Waals surface area (Å²) in [6.07, 6.45) is 2.85. The molecule has 33 heavy (non-hydrogen) atoms. The van der Waals surface area contributed by atoms with E-state index in [1.54, 1.807) is 7.11 Å². The van der Waals surface area contributed by atoms with Crippen LogP contribution >= 0.6 is 0 Å². The number of ether oxygens (including phenoxy) is 1. The van der Waals surface area contributed by atoms with Gasteiger partial charge in [0.2, 0.25) is 5.95 Å². The van der Waals surface area contributed by atoms with Gasteiger partial charge in [-0.05, 0) is 78.9 Å². The minimum atomic E-state index is -0.393. The van der Waals surface area contributed by atoms with Crippen LogP contribution in [-0.2, 0) is 18.5 Å². The lowest BCUT2D eigenvalue weighted by atomic mass is 9.92. The molecule has 6 nitrogen and oxygen atoms in total. The molecule has 0 fully saturated rings. The van der Waals surface area contributed by atoms with Gasteiger partial charge >= 0.3 is 0 Å². The molecule has 168 valence electrons. The molecule has 0 saturated heterocycles. The predicted molar refractivity (Wildman–Crippen MR) is 134 cm³/mol. The number of anilines is 2. The molecule has 0 bridgehead atoms. The van der Waals surface area contributed by atoms with Crippen molar-refractivity contribution in [3.8, 4) is 16.9 Å². The van der Waals surface area contributed by atoms with Crippen LogP contribution in [0.2, 0.25) is 0 Å². The van der Waals surface area contributed by atoms with E-state index in [4.69, 9.17) is 15.5 Å². The minimum Gasteiger partial charge on any atom is -0.495 e. The summed E-state index contributed by atoms with van der Waals surface area (Å²) in [5, 5.41) is 7.77. The number of fused-ring (bicyclic) bond motifs is 2. The van der Waals surface area contributed by atoms with Crippen molar-refractivity contribution in [1.29, 1.82) is 0 Å². The average molecular weight is 440 g/mol. The second-order valence-electron chi connectivity index (χ2n) is 9.14. The first-order valence-corrected chi connectivity index (χ1v) is 11.2. The Kier molecular flexibility index (Phi) is 5.48. The number of methoxy groups -OCH3 is 1. The number of nitrogens with one attached hydrogen (secondary N) is 2. The average Bonchev–Trinajstić information content (AvgIpc) is 2.82. The summed E-state index contributed by atoms with van der Waals surface area (Å²) < 4.78 is 5.64. The van der Waals surface area contributed by atoms with Gasteiger partial charge in [-0.1, -0.05) is 30.3 Å². The van der Waals surface area contributed by atoms with Gasteiger partial charge in [-0.25, -0.2) is 9.97 Å². The van der Waals surface area contributed by atoms with Gasteiger partial charge < -0.3 is 21.1 Å². The normalized spacial score (nSPS) is 13.6. The third-order valence-electron chi connectivity index (χ3n) is 6.18. The third kappa shape index (κ3) is 4.40. The molecule has 0 saturated carbocycles. The Hall–Kier alpha value is -3.48. The minimum absolute atomic E-state index is 0.393. The van der Waals surface area contributed by atoms with Crippen LogP contribution in [0.1, 0.15) is 30.5 Å². The summed E-state index contributed by atoms with van der Waals surface area (Å²) >= 11 is 0. The van der Waals surface area contributed by atoms with Crippen molar-refractivity contribution in [2.75, 3.05) is 19.0 Å². The lowest BCUT2D eigenvalue weighted by Crippen LogP contribution is -2.28. The van der Waals surface area contributed by atoms with Gasteiger partial charge in [-0.15, -0.1) is 0 Å². The topological polar surface area (TPSA) is 85.1 Å². The summed E-state index contributed by atoms with van der Waals surface area (Å²) in [7, 11) is 1.69. The van der Waals surface area contributed by atoms with E-state index in [0.717, 1.165) is 58.5 Å². The number of aromatic nitrogens is 2. The number of hydrogen-bond donors (Lipinski definition) is 3. The van der Waals surface area contributed by atoms with Gasteiger partial charge in [-0.2, -0.15) is 0 Å². The molecule has 0 aliphatic carbocycles. The van der Waals surface area contributed by atoms with Crippen molar-refractivity contribution < 1.29 is 4.74 Å². The first-order valence-electron chi connectivity index (χ1n) is 11.2. The molecule has 0 amide bonds. The third-order valence-corrected chi connectivity index (χ3v) is 6.18. The fourth-order valence-electron chi connectivity index (χ4n) is 4.26. The molecular formula is C27H29N5O. The van der Waals surface area contributed by atoms with Crippen molar-refractivity contribution in [2.45, 2.75) is 32.4 Å². The molecule has 4 aromatic rings. The van der Waals surface area contributed by atoms with Crippen molar-refractivity contribution >= 4 is 22.5 Å². The van der Waals surface area contributed by atoms with Crippen LogP contribution in [0.4, 0.5) is 11.6 Å². The van der Waals surface area contributed by atoms with E-state index in [1.807, 2.05) is 26.1 Å². The Morgan fingerprint density at radius 3 is 2.70 bits per heavy atom. The van der Waals surface area contributed by atoms with Crippen LogP contribution in [-0.4, -0.2) is 23.6 Å². The van der Waals surface area contributed by atoms with Crippen molar-refractivity contribution in [2.24, 2.45) is 5.73 Å². The van der Waals surface area contributed by atoms with E-state index in [9.17, 15) is 0 Å². The summed E-state index contributed by atoms with van der Waals surface area (Å²) in [6, 6.07) is 18.9. The monoisotopic (exact) mass is 439 g/mol. The second-order valence-corrected chi connectivity index (χ2v) is 9.14. The van der Waals surface area contributed by atoms with Crippen molar-refractivity contribution in [3.05, 3.63) is 77.5 Å². The van der Waals surface area contributed by atoms with E-state index >= 15 is 0 Å². The van der Waals surface area contributed by atoms with E-state index < -0.39 is 5.54 Å². The van der Waals surface area contributed by atoms with Crippen LogP contribution in [0, 0.1) is 0 Å². The molecule has 1 aliphatic rings. The molecule has 1 aromatic heterocycles. The Morgan fingerprint density at radius 1 is 1.03 bits per heavy atom. The van der Waals surface area contributed by atoms with Gasteiger partial charge in [0.1, 0.15) is 5.75 Å². The first kappa shape index (κ1) is 21.4. The highest BCUT2D eigenvalue weighted by Crippen LogP contribution is 2.32. The standard InChI is InChI=1S/C27H29N5O/c1-27(2,28)22-6-4-5-17(11-22)18-7-8-20-16-30-26(31-23(20)12-18)32-24-13-21-15-29-10-9-19(21)14-25(24)33-3/h4-8,11-14,16,29H,9-10,15,28H2,1-3H3,(H,30,31,32). The maximum atomic E-state index is 6.31. The van der Waals surface area contributed by atoms with Crippen LogP contribution < -0.4 is 21.1 Å². The number of rotatable bonds is 5. The maximum absolute atomic E-state index is 6.31. The molecule has 6 heteroatoms. The Morgan fingerprint density at radius 2 is 1.88 bits per heavy atom. The number of hydrogen-bond acceptors (Lipinski definition) is 6. The van der Waals surface area contributed by atoms with E-state index in [-0.39, 0.29) is 0 Å². The fourth-order valence-corrected chi connectivity index (χ4v) is 4.26. The maximum Gasteiger partial charge on any atom is 0.227 e. The molecule has 2 heterocycles. The number of nitrogens with two attached hydrogens (primary N) is 1. The van der Waals surface area contributed by atoms with E-state index in [2.05, 4.69) is 64.1 Å². The number of benzene rings is 3. The lowest BCUT2D eigenvalue weighted by molar-refractivity contribution is 0.415. The fraction of sp³-hybridized carbons (Fsp3) is 0.259. The highest BCUT2D eigenvalue weighted by molar-refractivity contribution is 5.85. The van der Waals surface area contributed by atoms with Gasteiger partial charge in [-0.3, -0.25) is 0 Å². The van der Waals surface area contributed by atoms with Gasteiger partial charge in [0.15, 0.2) is 0 Å². The molecule has 5 rings (SSSR count). The van der Waals surface area contributed by atoms with Crippen molar-refractivity contribution in [3.63, 3.8) is 0 Å². The van der Waals surface area contributed by atoms with E-state index in [0.29, 0.717) is 5.95 Å². The zero-order chi connectivity index (χ0) is 23.0. The summed E-state index contributed by atoms with van der Waals surface area (Å²) in [5.74, 6) is 1.34. The molecule has 1 aliphatic heterocycles. The summed E-state index contributed by atoms with van der Waals surface area (Å²) in [4.78, 5) is 9.33. The Bertz CT molecular complexity index is 1330. The van der Waals surface area contributed by atoms with Gasteiger partial charge in [0.05, 0.1) is 18.3 Å². The van der Waals surface area contributed by atoms with Gasteiger partial charge in [0, 0.05) is 23.7 Å². The molecule has 0 radical (unpaired) electrons. The molecule has 0 atom stereocenters. The van der Waals surface area contributed by atoms with Crippen molar-refractivity contribution in [1.82, 2.24) is 15.3 Å². The van der Waals surface area contributed by atoms with Crippen LogP contribution in [0.25, 0.3) is 22.0 Å². The van der Waals surface area contributed by atoms with Crippen LogP contribution in [0.5, 0.6) is 5.75 Å². The largest absolute Gasteiger partial charge is 0.495 e. The first-order chi connectivity index (χ1) is 15.9. The zero-order valence-corrected chi connectivity index (χ0v) is 19.3. The van der Waals surface area contributed by atoms with Gasteiger partial charge in [0.25, 0.3) is 0 Å². The molecule has 0 spiro atoms. The van der Waals surface area contributed by atoms with Crippen LogP contribution in [0.15, 0.2) is 60.8 Å². The quantitative estimate of drug-likeness (QED) is 0.411. The van der Waals surface area contributed by atoms with Crippen LogP contribution in [0.3, 0.4) is 0 Å². The molecule has 4 N–H and O–H groups in total. The molecule has 3 aromatic carbocycles. The SMILES string of the molecule is COc1cc2c(cc1Nc1ncc3ccc(-c4cccc(C(C)(C)N)c4)cc3n1)CNCC2. The lowest BCUT2D eigenvalue weighted by Gasteiger charge is -2.20. The number of nitrogens with zero attached hydrogens (tertiary/aromatic N) is 2. The predicted octanol–water partition coefficient (Wildman–Crippen LogP) is 4.89. The molecule has 0 unspecified atom stereocenters. The zero-order valence-electron chi connectivity index (χ0n) is 19.3. The highest BCUT2D eigenvalue weighted by Gasteiger charge is 2.16. The highest BCUT2D eigenvalue weighted by atomic mass is 16.5. The molecular weight excluding hydrogens is 410 g/mol.